The van der Waals surface area contributed by atoms with Gasteiger partial charge in [-0.15, -0.1) is 0 Å². The van der Waals surface area contributed by atoms with Crippen LogP contribution in [0.2, 0.25) is 0 Å². The number of rotatable bonds is 6. The zero-order valence-corrected chi connectivity index (χ0v) is 18.9. The Morgan fingerprint density at radius 3 is 1.26 bits per heavy atom. The summed E-state index contributed by atoms with van der Waals surface area (Å²) in [6.07, 6.45) is 0. The van der Waals surface area contributed by atoms with Gasteiger partial charge in [-0.2, -0.15) is 0 Å². The Balaban J connectivity index is 1.99. The van der Waals surface area contributed by atoms with Crippen LogP contribution in [-0.4, -0.2) is 26.2 Å². The number of hydrogen-bond acceptors (Lipinski definition) is 5. The van der Waals surface area contributed by atoms with Crippen molar-refractivity contribution >= 4 is 5.78 Å². The summed E-state index contributed by atoms with van der Waals surface area (Å²) in [5.41, 5.74) is 3.27. The summed E-state index contributed by atoms with van der Waals surface area (Å²) >= 11 is 0. The Labute approximate surface area is 198 Å². The number of carbonyl (C=O) groups is 1. The molecule has 5 heteroatoms. The van der Waals surface area contributed by atoms with Crippen molar-refractivity contribution in [2.24, 2.45) is 0 Å². The van der Waals surface area contributed by atoms with Gasteiger partial charge in [0.15, 0.2) is 5.78 Å². The molecule has 0 spiro atoms. The molecule has 0 saturated heterocycles. The molecule has 0 fully saturated rings. The monoisotopic (exact) mass is 454 g/mol. The predicted molar refractivity (Wildman–Crippen MR) is 131 cm³/mol. The highest BCUT2D eigenvalue weighted by molar-refractivity contribution is 5.98. The highest BCUT2D eigenvalue weighted by atomic mass is 16.3. The third kappa shape index (κ3) is 4.33. The minimum absolute atomic E-state index is 0.0929. The Hall–Kier alpha value is -4.25. The van der Waals surface area contributed by atoms with Gasteiger partial charge >= 0.3 is 0 Å². The average Bonchev–Trinajstić information content (AvgIpc) is 2.79. The van der Waals surface area contributed by atoms with Gasteiger partial charge in [-0.25, -0.2) is 0 Å². The average molecular weight is 455 g/mol. The van der Waals surface area contributed by atoms with Crippen molar-refractivity contribution in [3.05, 3.63) is 118 Å². The van der Waals surface area contributed by atoms with E-state index in [4.69, 9.17) is 0 Å². The van der Waals surface area contributed by atoms with Crippen LogP contribution in [0.15, 0.2) is 84.9 Å². The fourth-order valence-corrected chi connectivity index (χ4v) is 4.68. The summed E-state index contributed by atoms with van der Waals surface area (Å²) in [5.74, 6) is -2.56. The molecule has 0 aliphatic rings. The molecule has 4 aromatic rings. The van der Waals surface area contributed by atoms with Gasteiger partial charge in [0.05, 0.1) is 11.8 Å². The number of carbonyl (C=O) groups excluding carboxylic acids is 1. The third-order valence-electron chi connectivity index (χ3n) is 6.11. The molecule has 2 unspecified atom stereocenters. The van der Waals surface area contributed by atoms with Crippen molar-refractivity contribution in [1.82, 2.24) is 0 Å². The summed E-state index contributed by atoms with van der Waals surface area (Å²) < 4.78 is 0. The molecule has 0 heterocycles. The first-order valence-corrected chi connectivity index (χ1v) is 11.0. The minimum atomic E-state index is -0.875. The van der Waals surface area contributed by atoms with Crippen molar-refractivity contribution in [1.29, 1.82) is 0 Å². The van der Waals surface area contributed by atoms with Gasteiger partial charge in [0.2, 0.25) is 0 Å². The van der Waals surface area contributed by atoms with Gasteiger partial charge in [0, 0.05) is 23.3 Å². The zero-order chi connectivity index (χ0) is 24.4. The van der Waals surface area contributed by atoms with Crippen LogP contribution in [0.4, 0.5) is 0 Å². The Kier molecular flexibility index (Phi) is 6.28. The van der Waals surface area contributed by atoms with Crippen molar-refractivity contribution in [3.63, 3.8) is 0 Å². The maximum Gasteiger partial charge on any atom is 0.156 e. The highest BCUT2D eigenvalue weighted by Gasteiger charge is 2.36. The molecule has 0 aliphatic heterocycles. The third-order valence-corrected chi connectivity index (χ3v) is 6.11. The van der Waals surface area contributed by atoms with Gasteiger partial charge in [-0.3, -0.25) is 4.79 Å². The Morgan fingerprint density at radius 2 is 0.941 bits per heavy atom. The Morgan fingerprint density at radius 1 is 0.588 bits per heavy atom. The van der Waals surface area contributed by atoms with E-state index < -0.39 is 11.8 Å². The number of aryl methyl sites for hydroxylation is 2. The first-order valence-electron chi connectivity index (χ1n) is 11.0. The van der Waals surface area contributed by atoms with Crippen LogP contribution >= 0.6 is 0 Å². The van der Waals surface area contributed by atoms with Crippen molar-refractivity contribution in [2.75, 3.05) is 0 Å². The first kappa shape index (κ1) is 22.9. The number of aromatic hydroxyl groups is 4. The molecule has 34 heavy (non-hydrogen) atoms. The quantitative estimate of drug-likeness (QED) is 0.301. The molecule has 5 nitrogen and oxygen atoms in total. The summed E-state index contributed by atoms with van der Waals surface area (Å²) in [6, 6.07) is 23.7. The van der Waals surface area contributed by atoms with Gasteiger partial charge in [0.25, 0.3) is 0 Å². The van der Waals surface area contributed by atoms with Gasteiger partial charge in [-0.05, 0) is 48.2 Å². The SMILES string of the molecule is Cc1cc(O)cc(O)c1C(C(=O)C(c1ccccc1)c1c(C)cc(O)cc1O)c1ccccc1. The summed E-state index contributed by atoms with van der Waals surface area (Å²) in [4.78, 5) is 14.5. The minimum Gasteiger partial charge on any atom is -0.508 e. The number of benzene rings is 4. The number of Topliss-reactive ketones (excluding diaryl/α,β-unsaturated/α-hetero) is 1. The van der Waals surface area contributed by atoms with E-state index in [1.807, 2.05) is 60.7 Å². The number of ketones is 1. The predicted octanol–water partition coefficient (Wildman–Crippen LogP) is 5.66. The van der Waals surface area contributed by atoms with Gasteiger partial charge in [0.1, 0.15) is 23.0 Å². The van der Waals surface area contributed by atoms with Gasteiger partial charge in [-0.1, -0.05) is 60.7 Å². The lowest BCUT2D eigenvalue weighted by molar-refractivity contribution is -0.120. The van der Waals surface area contributed by atoms with E-state index in [1.54, 1.807) is 13.8 Å². The summed E-state index contributed by atoms with van der Waals surface area (Å²) in [5, 5.41) is 41.6. The molecule has 0 bridgehead atoms. The van der Waals surface area contributed by atoms with Crippen LogP contribution < -0.4 is 0 Å². The second-order valence-electron chi connectivity index (χ2n) is 8.48. The lowest BCUT2D eigenvalue weighted by Crippen LogP contribution is -2.24. The maximum atomic E-state index is 14.5. The molecular formula is C29H26O5. The number of hydrogen-bond donors (Lipinski definition) is 4. The molecule has 4 rings (SSSR count). The topological polar surface area (TPSA) is 98.0 Å². The molecule has 0 saturated carbocycles. The normalized spacial score (nSPS) is 12.8. The summed E-state index contributed by atoms with van der Waals surface area (Å²) in [7, 11) is 0. The molecule has 0 aliphatic carbocycles. The van der Waals surface area contributed by atoms with E-state index in [2.05, 4.69) is 0 Å². The lowest BCUT2D eigenvalue weighted by Gasteiger charge is -2.27. The van der Waals surface area contributed by atoms with Crippen LogP contribution in [-0.2, 0) is 4.79 Å². The first-order chi connectivity index (χ1) is 16.3. The lowest BCUT2D eigenvalue weighted by atomic mass is 9.74. The van der Waals surface area contributed by atoms with E-state index in [-0.39, 0.29) is 28.8 Å². The molecule has 0 radical (unpaired) electrons. The number of phenols is 4. The fraction of sp³-hybridized carbons (Fsp3) is 0.138. The van der Waals surface area contributed by atoms with Crippen LogP contribution in [0.1, 0.15) is 45.2 Å². The highest BCUT2D eigenvalue weighted by Crippen LogP contribution is 2.44. The number of phenolic OH excluding ortho intramolecular Hbond substituents is 4. The van der Waals surface area contributed by atoms with Crippen molar-refractivity contribution in [3.8, 4) is 23.0 Å². The smallest absolute Gasteiger partial charge is 0.156 e. The van der Waals surface area contributed by atoms with Crippen LogP contribution in [0, 0.1) is 13.8 Å². The zero-order valence-electron chi connectivity index (χ0n) is 18.9. The van der Waals surface area contributed by atoms with E-state index in [0.29, 0.717) is 33.4 Å². The molecule has 4 aromatic carbocycles. The molecule has 0 aromatic heterocycles. The Bertz CT molecular complexity index is 1180. The standard InChI is InChI=1S/C29H26O5/c1-17-13-21(30)15-23(32)25(17)27(19-9-5-3-6-10-19)29(34)28(20-11-7-4-8-12-20)26-18(2)14-22(31)16-24(26)33/h3-16,27-28,30-33H,1-2H3. The summed E-state index contributed by atoms with van der Waals surface area (Å²) in [6.45, 7) is 3.47. The second kappa shape index (κ2) is 9.32. The van der Waals surface area contributed by atoms with Gasteiger partial charge < -0.3 is 20.4 Å². The molecular weight excluding hydrogens is 428 g/mol. The van der Waals surface area contributed by atoms with Crippen LogP contribution in [0.5, 0.6) is 23.0 Å². The molecule has 4 N–H and O–H groups in total. The van der Waals surface area contributed by atoms with E-state index in [9.17, 15) is 25.2 Å². The maximum absolute atomic E-state index is 14.5. The largest absolute Gasteiger partial charge is 0.508 e. The van der Waals surface area contributed by atoms with Crippen LogP contribution in [0.25, 0.3) is 0 Å². The van der Waals surface area contributed by atoms with E-state index in [0.717, 1.165) is 0 Å². The second-order valence-corrected chi connectivity index (χ2v) is 8.48. The molecule has 2 atom stereocenters. The van der Waals surface area contributed by atoms with Crippen molar-refractivity contribution < 1.29 is 25.2 Å². The molecule has 0 amide bonds. The van der Waals surface area contributed by atoms with Crippen LogP contribution in [0.3, 0.4) is 0 Å². The fourth-order valence-electron chi connectivity index (χ4n) is 4.68. The van der Waals surface area contributed by atoms with Crippen molar-refractivity contribution in [2.45, 2.75) is 25.7 Å². The van der Waals surface area contributed by atoms with E-state index >= 15 is 0 Å². The van der Waals surface area contributed by atoms with E-state index in [1.165, 1.54) is 24.3 Å². The molecule has 172 valence electrons.